The SMILES string of the molecule is CNc1ccccc1C(=O)Nc1ccc(C#N)cc1. The van der Waals surface area contributed by atoms with Gasteiger partial charge in [-0.15, -0.1) is 0 Å². The van der Waals surface area contributed by atoms with Crippen molar-refractivity contribution in [2.45, 2.75) is 0 Å². The molecule has 0 radical (unpaired) electrons. The molecule has 19 heavy (non-hydrogen) atoms. The van der Waals surface area contributed by atoms with E-state index in [0.717, 1.165) is 5.69 Å². The molecule has 2 aromatic rings. The van der Waals surface area contributed by atoms with Crippen molar-refractivity contribution in [3.8, 4) is 6.07 Å². The van der Waals surface area contributed by atoms with E-state index < -0.39 is 0 Å². The van der Waals surface area contributed by atoms with Gasteiger partial charge in [0.05, 0.1) is 17.2 Å². The first-order valence-electron chi connectivity index (χ1n) is 5.83. The van der Waals surface area contributed by atoms with Gasteiger partial charge in [0.15, 0.2) is 0 Å². The molecule has 0 aromatic heterocycles. The lowest BCUT2D eigenvalue weighted by Gasteiger charge is -2.09. The summed E-state index contributed by atoms with van der Waals surface area (Å²) in [5.74, 6) is -0.186. The zero-order valence-electron chi connectivity index (χ0n) is 10.5. The number of anilines is 2. The fourth-order valence-electron chi connectivity index (χ4n) is 1.73. The zero-order valence-corrected chi connectivity index (χ0v) is 10.5. The fraction of sp³-hybridized carbons (Fsp3) is 0.0667. The number of benzene rings is 2. The average molecular weight is 251 g/mol. The fourth-order valence-corrected chi connectivity index (χ4v) is 1.73. The minimum Gasteiger partial charge on any atom is -0.387 e. The lowest BCUT2D eigenvalue weighted by molar-refractivity contribution is 0.102. The molecule has 4 nitrogen and oxygen atoms in total. The van der Waals surface area contributed by atoms with Crippen LogP contribution in [0.15, 0.2) is 48.5 Å². The number of hydrogen-bond acceptors (Lipinski definition) is 3. The topological polar surface area (TPSA) is 64.9 Å². The summed E-state index contributed by atoms with van der Waals surface area (Å²) in [5.41, 5.74) is 2.58. The molecular formula is C15H13N3O. The Labute approximate surface area is 111 Å². The smallest absolute Gasteiger partial charge is 0.257 e. The molecule has 0 aliphatic heterocycles. The summed E-state index contributed by atoms with van der Waals surface area (Å²) in [7, 11) is 1.77. The molecule has 0 unspecified atom stereocenters. The third-order valence-corrected chi connectivity index (χ3v) is 2.71. The molecule has 94 valence electrons. The monoisotopic (exact) mass is 251 g/mol. The number of nitrogens with zero attached hydrogens (tertiary/aromatic N) is 1. The van der Waals surface area contributed by atoms with Gasteiger partial charge in [0.25, 0.3) is 5.91 Å². The van der Waals surface area contributed by atoms with E-state index in [1.807, 2.05) is 24.3 Å². The largest absolute Gasteiger partial charge is 0.387 e. The van der Waals surface area contributed by atoms with Gasteiger partial charge in [-0.3, -0.25) is 4.79 Å². The predicted octanol–water partition coefficient (Wildman–Crippen LogP) is 2.85. The third-order valence-electron chi connectivity index (χ3n) is 2.71. The molecule has 2 aromatic carbocycles. The molecule has 2 rings (SSSR count). The second-order valence-corrected chi connectivity index (χ2v) is 3.94. The van der Waals surface area contributed by atoms with Gasteiger partial charge >= 0.3 is 0 Å². The van der Waals surface area contributed by atoms with Crippen LogP contribution in [-0.4, -0.2) is 13.0 Å². The first kappa shape index (κ1) is 12.7. The molecular weight excluding hydrogens is 238 g/mol. The lowest BCUT2D eigenvalue weighted by Crippen LogP contribution is -2.13. The average Bonchev–Trinajstić information content (AvgIpc) is 2.48. The number of amides is 1. The second-order valence-electron chi connectivity index (χ2n) is 3.94. The van der Waals surface area contributed by atoms with Gasteiger partial charge in [0.1, 0.15) is 0 Å². The zero-order chi connectivity index (χ0) is 13.7. The molecule has 0 bridgehead atoms. The van der Waals surface area contributed by atoms with Crippen molar-refractivity contribution in [1.29, 1.82) is 5.26 Å². The number of nitrogens with one attached hydrogen (secondary N) is 2. The minimum atomic E-state index is -0.186. The Kier molecular flexibility index (Phi) is 3.79. The minimum absolute atomic E-state index is 0.186. The Hall–Kier alpha value is -2.80. The van der Waals surface area contributed by atoms with Crippen molar-refractivity contribution in [3.63, 3.8) is 0 Å². The van der Waals surface area contributed by atoms with Crippen LogP contribution in [0.4, 0.5) is 11.4 Å². The van der Waals surface area contributed by atoms with Gasteiger partial charge in [-0.2, -0.15) is 5.26 Å². The summed E-state index contributed by atoms with van der Waals surface area (Å²) in [6, 6.07) is 16.1. The molecule has 2 N–H and O–H groups in total. The molecule has 4 heteroatoms. The van der Waals surface area contributed by atoms with Crippen LogP contribution in [0, 0.1) is 11.3 Å². The van der Waals surface area contributed by atoms with E-state index in [1.54, 1.807) is 37.4 Å². The maximum Gasteiger partial charge on any atom is 0.257 e. The van der Waals surface area contributed by atoms with Crippen LogP contribution in [0.2, 0.25) is 0 Å². The van der Waals surface area contributed by atoms with Crippen molar-refractivity contribution in [2.24, 2.45) is 0 Å². The molecule has 0 fully saturated rings. The third kappa shape index (κ3) is 2.90. The Balaban J connectivity index is 2.18. The van der Waals surface area contributed by atoms with E-state index in [1.165, 1.54) is 0 Å². The lowest BCUT2D eigenvalue weighted by atomic mass is 10.1. The normalized spacial score (nSPS) is 9.47. The van der Waals surface area contributed by atoms with Crippen LogP contribution in [-0.2, 0) is 0 Å². The highest BCUT2D eigenvalue weighted by atomic mass is 16.1. The van der Waals surface area contributed by atoms with Gasteiger partial charge in [-0.05, 0) is 36.4 Å². The van der Waals surface area contributed by atoms with Gasteiger partial charge in [0.2, 0.25) is 0 Å². The maximum atomic E-state index is 12.1. The Morgan fingerprint density at radius 1 is 1.11 bits per heavy atom. The van der Waals surface area contributed by atoms with Crippen LogP contribution < -0.4 is 10.6 Å². The first-order chi connectivity index (χ1) is 9.24. The number of hydrogen-bond donors (Lipinski definition) is 2. The van der Waals surface area contributed by atoms with E-state index in [9.17, 15) is 4.79 Å². The highest BCUT2D eigenvalue weighted by Crippen LogP contribution is 2.17. The van der Waals surface area contributed by atoms with E-state index in [2.05, 4.69) is 10.6 Å². The number of para-hydroxylation sites is 1. The molecule has 0 saturated heterocycles. The molecule has 0 saturated carbocycles. The maximum absolute atomic E-state index is 12.1. The molecule has 0 aliphatic carbocycles. The van der Waals surface area contributed by atoms with E-state index in [-0.39, 0.29) is 5.91 Å². The number of rotatable bonds is 3. The predicted molar refractivity (Wildman–Crippen MR) is 75.1 cm³/mol. The van der Waals surface area contributed by atoms with Gasteiger partial charge in [-0.25, -0.2) is 0 Å². The van der Waals surface area contributed by atoms with Crippen molar-refractivity contribution in [3.05, 3.63) is 59.7 Å². The molecule has 0 aliphatic rings. The molecule has 0 spiro atoms. The summed E-state index contributed by atoms with van der Waals surface area (Å²) < 4.78 is 0. The van der Waals surface area contributed by atoms with Crippen molar-refractivity contribution >= 4 is 17.3 Å². The number of carbonyl (C=O) groups excluding carboxylic acids is 1. The van der Waals surface area contributed by atoms with Gasteiger partial charge < -0.3 is 10.6 Å². The van der Waals surface area contributed by atoms with Gasteiger partial charge in [0, 0.05) is 18.4 Å². The Bertz CT molecular complexity index is 627. The quantitative estimate of drug-likeness (QED) is 0.881. The Morgan fingerprint density at radius 2 is 1.79 bits per heavy atom. The second kappa shape index (κ2) is 5.69. The summed E-state index contributed by atoms with van der Waals surface area (Å²) in [4.78, 5) is 12.1. The van der Waals surface area contributed by atoms with Crippen molar-refractivity contribution in [1.82, 2.24) is 0 Å². The highest BCUT2D eigenvalue weighted by molar-refractivity contribution is 6.08. The van der Waals surface area contributed by atoms with Crippen molar-refractivity contribution < 1.29 is 4.79 Å². The van der Waals surface area contributed by atoms with Crippen LogP contribution in [0.3, 0.4) is 0 Å². The Morgan fingerprint density at radius 3 is 2.42 bits per heavy atom. The van der Waals surface area contributed by atoms with Crippen LogP contribution in [0.1, 0.15) is 15.9 Å². The van der Waals surface area contributed by atoms with Gasteiger partial charge in [-0.1, -0.05) is 12.1 Å². The van der Waals surface area contributed by atoms with E-state index in [0.29, 0.717) is 16.8 Å². The van der Waals surface area contributed by atoms with Crippen LogP contribution >= 0.6 is 0 Å². The first-order valence-corrected chi connectivity index (χ1v) is 5.83. The summed E-state index contributed by atoms with van der Waals surface area (Å²) in [5, 5.41) is 14.5. The van der Waals surface area contributed by atoms with E-state index >= 15 is 0 Å². The van der Waals surface area contributed by atoms with E-state index in [4.69, 9.17) is 5.26 Å². The van der Waals surface area contributed by atoms with Crippen LogP contribution in [0.25, 0.3) is 0 Å². The number of carbonyl (C=O) groups is 1. The standard InChI is InChI=1S/C15H13N3O/c1-17-14-5-3-2-4-13(14)15(19)18-12-8-6-11(10-16)7-9-12/h2-9,17H,1H3,(H,18,19). The summed E-state index contributed by atoms with van der Waals surface area (Å²) >= 11 is 0. The van der Waals surface area contributed by atoms with Crippen LogP contribution in [0.5, 0.6) is 0 Å². The summed E-state index contributed by atoms with van der Waals surface area (Å²) in [6.45, 7) is 0. The molecule has 1 amide bonds. The molecule has 0 heterocycles. The van der Waals surface area contributed by atoms with Crippen molar-refractivity contribution in [2.75, 3.05) is 17.7 Å². The number of nitriles is 1. The molecule has 0 atom stereocenters. The highest BCUT2D eigenvalue weighted by Gasteiger charge is 2.09. The summed E-state index contributed by atoms with van der Waals surface area (Å²) in [6.07, 6.45) is 0.